The number of nitrogens with one attached hydrogen (secondary N) is 1. The van der Waals surface area contributed by atoms with Gasteiger partial charge in [-0.3, -0.25) is 4.79 Å². The Morgan fingerprint density at radius 1 is 1.18 bits per heavy atom. The predicted molar refractivity (Wildman–Crippen MR) is 143 cm³/mol. The maximum Gasteiger partial charge on any atom is 0.338 e. The molecule has 2 rings (SSSR count). The SMILES string of the molecule is C=C1[C@@H](CCO)C(=O)N[C@]1(C(=O)OCC[Si](C)(C)C)[C@@H](O[Si](C)(C)C(C)(C)C)C1CCCCC1. The molecule has 2 aliphatic rings. The van der Waals surface area contributed by atoms with Gasteiger partial charge in [-0.15, -0.1) is 0 Å². The van der Waals surface area contributed by atoms with E-state index >= 15 is 0 Å². The Hall–Kier alpha value is -0.966. The van der Waals surface area contributed by atoms with Crippen LogP contribution in [0, 0.1) is 11.8 Å². The fourth-order valence-corrected chi connectivity index (χ4v) is 6.89. The molecular weight excluding hydrogens is 462 g/mol. The summed E-state index contributed by atoms with van der Waals surface area (Å²) in [6.45, 7) is 22.2. The predicted octanol–water partition coefficient (Wildman–Crippen LogP) is 5.26. The highest BCUT2D eigenvalue weighted by Crippen LogP contribution is 2.47. The van der Waals surface area contributed by atoms with Crippen molar-refractivity contribution in [1.29, 1.82) is 0 Å². The number of esters is 1. The zero-order chi connectivity index (χ0) is 25.9. The molecule has 1 amide bonds. The van der Waals surface area contributed by atoms with Gasteiger partial charge in [-0.1, -0.05) is 66.3 Å². The standard InChI is InChI=1S/C26H49NO5Si2/c1-19-21(15-16-28)23(29)27-26(19,24(30)31-17-18-33(5,6)7)22(20-13-11-10-12-14-20)32-34(8,9)25(2,3)4/h20-22,28H,1,10-18H2,2-9H3,(H,27,29)/t21-,22+,26+/m1/s1. The highest BCUT2D eigenvalue weighted by molar-refractivity contribution is 6.76. The van der Waals surface area contributed by atoms with Gasteiger partial charge >= 0.3 is 5.97 Å². The minimum absolute atomic E-state index is 0.0582. The smallest absolute Gasteiger partial charge is 0.338 e. The number of carbonyl (C=O) groups excluding carboxylic acids is 2. The minimum atomic E-state index is -2.31. The summed E-state index contributed by atoms with van der Waals surface area (Å²) >= 11 is 0. The maximum atomic E-state index is 14.0. The number of hydrogen-bond acceptors (Lipinski definition) is 5. The van der Waals surface area contributed by atoms with E-state index in [1.54, 1.807) is 0 Å². The first-order valence-electron chi connectivity index (χ1n) is 13.0. The van der Waals surface area contributed by atoms with E-state index in [4.69, 9.17) is 9.16 Å². The molecule has 1 saturated carbocycles. The van der Waals surface area contributed by atoms with Crippen LogP contribution in [0.3, 0.4) is 0 Å². The molecule has 2 fully saturated rings. The topological polar surface area (TPSA) is 84.9 Å². The van der Waals surface area contributed by atoms with Crippen molar-refractivity contribution >= 4 is 28.3 Å². The number of amides is 1. The first-order chi connectivity index (χ1) is 15.6. The molecular formula is C26H49NO5Si2. The van der Waals surface area contributed by atoms with Crippen molar-refractivity contribution in [2.45, 2.75) is 115 Å². The zero-order valence-electron chi connectivity index (χ0n) is 22.9. The number of carbonyl (C=O) groups is 2. The summed E-state index contributed by atoms with van der Waals surface area (Å²) in [5.74, 6) is -1.19. The Morgan fingerprint density at radius 2 is 1.76 bits per heavy atom. The van der Waals surface area contributed by atoms with Crippen molar-refractivity contribution in [2.24, 2.45) is 11.8 Å². The van der Waals surface area contributed by atoms with Gasteiger partial charge in [0, 0.05) is 14.7 Å². The summed E-state index contributed by atoms with van der Waals surface area (Å²) in [5, 5.41) is 12.6. The van der Waals surface area contributed by atoms with Gasteiger partial charge in [-0.25, -0.2) is 4.79 Å². The van der Waals surface area contributed by atoms with Gasteiger partial charge in [0.25, 0.3) is 0 Å². The van der Waals surface area contributed by atoms with E-state index in [9.17, 15) is 14.7 Å². The van der Waals surface area contributed by atoms with E-state index in [0.717, 1.165) is 31.7 Å². The third kappa shape index (κ3) is 6.42. The second-order valence-electron chi connectivity index (χ2n) is 13.0. The van der Waals surface area contributed by atoms with Crippen LogP contribution in [-0.4, -0.2) is 58.2 Å². The molecule has 3 atom stereocenters. The summed E-state index contributed by atoms with van der Waals surface area (Å²) in [6.07, 6.45) is 4.98. The third-order valence-electron chi connectivity index (χ3n) is 8.12. The van der Waals surface area contributed by atoms with Crippen LogP contribution < -0.4 is 5.32 Å². The van der Waals surface area contributed by atoms with Crippen molar-refractivity contribution in [1.82, 2.24) is 5.32 Å². The maximum absolute atomic E-state index is 14.0. The molecule has 0 spiro atoms. The van der Waals surface area contributed by atoms with Crippen LogP contribution in [0.1, 0.15) is 59.3 Å². The zero-order valence-corrected chi connectivity index (χ0v) is 24.9. The summed E-state index contributed by atoms with van der Waals surface area (Å²) in [6, 6.07) is 0.854. The fraction of sp³-hybridized carbons (Fsp3) is 0.846. The molecule has 196 valence electrons. The number of ether oxygens (including phenoxy) is 1. The van der Waals surface area contributed by atoms with E-state index < -0.39 is 39.9 Å². The molecule has 1 aliphatic heterocycles. The normalized spacial score (nSPS) is 25.9. The average Bonchev–Trinajstić information content (AvgIpc) is 2.97. The summed E-state index contributed by atoms with van der Waals surface area (Å²) in [7, 11) is -3.72. The van der Waals surface area contributed by atoms with E-state index in [1.807, 2.05) is 0 Å². The number of aliphatic hydroxyl groups is 1. The second kappa shape index (κ2) is 11.0. The lowest BCUT2D eigenvalue weighted by atomic mass is 9.73. The van der Waals surface area contributed by atoms with E-state index in [0.29, 0.717) is 12.2 Å². The quantitative estimate of drug-likeness (QED) is 0.237. The van der Waals surface area contributed by atoms with Crippen LogP contribution in [0.2, 0.25) is 43.8 Å². The second-order valence-corrected chi connectivity index (χ2v) is 23.4. The molecule has 2 N–H and O–H groups in total. The van der Waals surface area contributed by atoms with Crippen LogP contribution >= 0.6 is 0 Å². The lowest BCUT2D eigenvalue weighted by Gasteiger charge is -2.48. The van der Waals surface area contributed by atoms with E-state index in [2.05, 4.69) is 65.4 Å². The van der Waals surface area contributed by atoms with Crippen LogP contribution in [0.15, 0.2) is 12.2 Å². The lowest BCUT2D eigenvalue weighted by molar-refractivity contribution is -0.156. The van der Waals surface area contributed by atoms with Crippen molar-refractivity contribution in [2.75, 3.05) is 13.2 Å². The Labute approximate surface area is 209 Å². The highest BCUT2D eigenvalue weighted by Gasteiger charge is 2.62. The van der Waals surface area contributed by atoms with E-state index in [-0.39, 0.29) is 29.9 Å². The van der Waals surface area contributed by atoms with Gasteiger partial charge in [0.1, 0.15) is 0 Å². The summed E-state index contributed by atoms with van der Waals surface area (Å²) in [4.78, 5) is 27.1. The molecule has 34 heavy (non-hydrogen) atoms. The summed E-state index contributed by atoms with van der Waals surface area (Å²) < 4.78 is 13.0. The third-order valence-corrected chi connectivity index (χ3v) is 14.3. The monoisotopic (exact) mass is 511 g/mol. The van der Waals surface area contributed by atoms with Gasteiger partial charge < -0.3 is 19.6 Å². The van der Waals surface area contributed by atoms with Crippen molar-refractivity contribution in [3.8, 4) is 0 Å². The van der Waals surface area contributed by atoms with Gasteiger partial charge in [0.15, 0.2) is 13.9 Å². The molecule has 0 aromatic heterocycles. The minimum Gasteiger partial charge on any atom is -0.464 e. The van der Waals surface area contributed by atoms with Crippen LogP contribution in [0.4, 0.5) is 0 Å². The van der Waals surface area contributed by atoms with Gasteiger partial charge in [0.2, 0.25) is 5.91 Å². The van der Waals surface area contributed by atoms with Crippen molar-refractivity contribution in [3.63, 3.8) is 0 Å². The first-order valence-corrected chi connectivity index (χ1v) is 19.7. The number of rotatable bonds is 10. The molecule has 1 heterocycles. The number of hydrogen-bond donors (Lipinski definition) is 2. The Kier molecular flexibility index (Phi) is 9.44. The summed E-state index contributed by atoms with van der Waals surface area (Å²) in [5.41, 5.74) is -0.910. The molecule has 0 bridgehead atoms. The lowest BCUT2D eigenvalue weighted by Crippen LogP contribution is -2.65. The Bertz CT molecular complexity index is 749. The van der Waals surface area contributed by atoms with Crippen LogP contribution in [0.5, 0.6) is 0 Å². The van der Waals surface area contributed by atoms with Crippen molar-refractivity contribution < 1.29 is 23.9 Å². The molecule has 0 aromatic rings. The van der Waals surface area contributed by atoms with E-state index in [1.165, 1.54) is 6.42 Å². The number of aliphatic hydroxyl groups excluding tert-OH is 1. The largest absolute Gasteiger partial charge is 0.464 e. The van der Waals surface area contributed by atoms with Crippen LogP contribution in [0.25, 0.3) is 0 Å². The fourth-order valence-electron chi connectivity index (χ4n) is 4.81. The molecule has 6 nitrogen and oxygen atoms in total. The molecule has 1 aliphatic carbocycles. The van der Waals surface area contributed by atoms with Crippen molar-refractivity contribution in [3.05, 3.63) is 12.2 Å². The van der Waals surface area contributed by atoms with Crippen LogP contribution in [-0.2, 0) is 18.8 Å². The average molecular weight is 512 g/mol. The van der Waals surface area contributed by atoms with Gasteiger partial charge in [0.05, 0.1) is 18.6 Å². The Balaban J connectivity index is 2.55. The highest BCUT2D eigenvalue weighted by atomic mass is 28.4. The molecule has 8 heteroatoms. The first kappa shape index (κ1) is 29.3. The Morgan fingerprint density at radius 3 is 2.26 bits per heavy atom. The molecule has 0 unspecified atom stereocenters. The molecule has 1 saturated heterocycles. The van der Waals surface area contributed by atoms with Gasteiger partial charge in [-0.05, 0) is 54.9 Å². The van der Waals surface area contributed by atoms with Gasteiger partial charge in [-0.2, -0.15) is 0 Å². The molecule has 0 radical (unpaired) electrons. The molecule has 0 aromatic carbocycles.